The van der Waals surface area contributed by atoms with Gasteiger partial charge in [0.15, 0.2) is 0 Å². The van der Waals surface area contributed by atoms with Crippen molar-refractivity contribution in [1.29, 1.82) is 0 Å². The van der Waals surface area contributed by atoms with Crippen LogP contribution in [0.3, 0.4) is 0 Å². The molecule has 0 fully saturated rings. The average Bonchev–Trinajstić information content (AvgIpc) is 3.15. The number of hydrogen-bond acceptors (Lipinski definition) is 3. The Kier molecular flexibility index (Phi) is 5.64. The smallest absolute Gasteiger partial charge is 0.200 e. The molecule has 4 nitrogen and oxygen atoms in total. The maximum Gasteiger partial charge on any atom is 0.279 e. The summed E-state index contributed by atoms with van der Waals surface area (Å²) in [6.07, 6.45) is 0.503. The summed E-state index contributed by atoms with van der Waals surface area (Å²) >= 11 is 6.93. The van der Waals surface area contributed by atoms with E-state index in [2.05, 4.69) is 37.0 Å². The van der Waals surface area contributed by atoms with E-state index < -0.39 is 16.1 Å². The summed E-state index contributed by atoms with van der Waals surface area (Å²) in [7, 11) is -3.79. The van der Waals surface area contributed by atoms with Crippen LogP contribution in [0.15, 0.2) is 91.7 Å². The summed E-state index contributed by atoms with van der Waals surface area (Å²) in [5.41, 5.74) is 3.56. The van der Waals surface area contributed by atoms with Gasteiger partial charge in [-0.3, -0.25) is 0 Å². The highest BCUT2D eigenvalue weighted by molar-refractivity contribution is 9.10. The second-order valence-electron chi connectivity index (χ2n) is 6.92. The van der Waals surface area contributed by atoms with Crippen LogP contribution in [-0.2, 0) is 10.0 Å². The minimum atomic E-state index is -3.79. The monoisotopic (exact) mass is 532 g/mol. The van der Waals surface area contributed by atoms with E-state index in [4.69, 9.17) is 0 Å². The first-order valence-corrected chi connectivity index (χ1v) is 12.1. The zero-order chi connectivity index (χ0) is 20.6. The molecule has 29 heavy (non-hydrogen) atoms. The minimum absolute atomic E-state index is 0.240. The number of sulfonamides is 1. The molecule has 0 aliphatic carbocycles. The molecule has 1 heterocycles. The van der Waals surface area contributed by atoms with Gasteiger partial charge in [-0.1, -0.05) is 73.8 Å². The second kappa shape index (κ2) is 8.05. The predicted octanol–water partition coefficient (Wildman–Crippen LogP) is 6.06. The molecular weight excluding hydrogens is 516 g/mol. The molecular formula is C22H18Br2N2O2S. The summed E-state index contributed by atoms with van der Waals surface area (Å²) in [6, 6.07) is 22.0. The zero-order valence-electron chi connectivity index (χ0n) is 15.6. The number of hydrazone groups is 1. The molecule has 7 heteroatoms. The molecule has 0 spiro atoms. The van der Waals surface area contributed by atoms with E-state index in [9.17, 15) is 8.42 Å². The van der Waals surface area contributed by atoms with Gasteiger partial charge in [-0.2, -0.15) is 17.9 Å². The van der Waals surface area contributed by atoms with Crippen LogP contribution in [0.4, 0.5) is 0 Å². The van der Waals surface area contributed by atoms with Crippen LogP contribution in [0.5, 0.6) is 0 Å². The zero-order valence-corrected chi connectivity index (χ0v) is 19.6. The molecule has 3 aromatic rings. The van der Waals surface area contributed by atoms with Crippen molar-refractivity contribution in [3.05, 3.63) is 98.4 Å². The summed E-state index contributed by atoms with van der Waals surface area (Å²) in [5.74, 6) is 0. The van der Waals surface area contributed by atoms with Crippen molar-refractivity contribution in [2.45, 2.75) is 24.3 Å². The number of halogens is 2. The van der Waals surface area contributed by atoms with Gasteiger partial charge in [0, 0.05) is 15.4 Å². The van der Waals surface area contributed by atoms with Crippen LogP contribution in [0, 0.1) is 6.92 Å². The Morgan fingerprint density at radius 3 is 2.28 bits per heavy atom. The first-order valence-electron chi connectivity index (χ1n) is 9.04. The fourth-order valence-electron chi connectivity index (χ4n) is 3.30. The lowest BCUT2D eigenvalue weighted by atomic mass is 9.99. The summed E-state index contributed by atoms with van der Waals surface area (Å²) < 4.78 is 30.0. The van der Waals surface area contributed by atoms with Gasteiger partial charge in [0.1, 0.15) is 0 Å². The van der Waals surface area contributed by atoms with E-state index in [-0.39, 0.29) is 4.90 Å². The third kappa shape index (κ3) is 4.17. The largest absolute Gasteiger partial charge is 0.279 e. The number of nitrogens with zero attached hydrogens (tertiary/aromatic N) is 2. The van der Waals surface area contributed by atoms with Crippen molar-refractivity contribution in [3.63, 3.8) is 0 Å². The average molecular weight is 534 g/mol. The molecule has 4 rings (SSSR count). The quantitative estimate of drug-likeness (QED) is 0.409. The van der Waals surface area contributed by atoms with E-state index in [1.807, 2.05) is 55.5 Å². The Hall–Kier alpha value is -1.96. The third-order valence-electron chi connectivity index (χ3n) is 4.85. The Morgan fingerprint density at radius 1 is 0.931 bits per heavy atom. The molecule has 1 aliphatic rings. The lowest BCUT2D eigenvalue weighted by Gasteiger charge is -2.23. The van der Waals surface area contributed by atoms with Crippen molar-refractivity contribution in [1.82, 2.24) is 4.41 Å². The SMILES string of the molecule is Cc1ccc(S(=O)(=O)N2N=C(c3cccc(Br)c3)C[C@H]2c2ccc(Br)cc2)cc1. The topological polar surface area (TPSA) is 49.7 Å². The van der Waals surface area contributed by atoms with Gasteiger partial charge >= 0.3 is 0 Å². The van der Waals surface area contributed by atoms with Crippen LogP contribution >= 0.6 is 31.9 Å². The molecule has 0 amide bonds. The number of hydrogen-bond donors (Lipinski definition) is 0. The van der Waals surface area contributed by atoms with Gasteiger partial charge in [0.25, 0.3) is 10.0 Å². The Labute approximate surface area is 187 Å². The molecule has 0 bridgehead atoms. The number of benzene rings is 3. The first kappa shape index (κ1) is 20.3. The summed E-state index contributed by atoms with van der Waals surface area (Å²) in [5, 5.41) is 4.58. The molecule has 0 unspecified atom stereocenters. The van der Waals surface area contributed by atoms with E-state index in [0.717, 1.165) is 31.3 Å². The van der Waals surface area contributed by atoms with Gasteiger partial charge < -0.3 is 0 Å². The highest BCUT2D eigenvalue weighted by Gasteiger charge is 2.37. The van der Waals surface area contributed by atoms with Crippen molar-refractivity contribution < 1.29 is 8.42 Å². The van der Waals surface area contributed by atoms with Crippen molar-refractivity contribution in [2.75, 3.05) is 0 Å². The molecule has 0 aromatic heterocycles. The van der Waals surface area contributed by atoms with E-state index in [1.165, 1.54) is 4.41 Å². The first-order chi connectivity index (χ1) is 13.8. The second-order valence-corrected chi connectivity index (χ2v) is 10.5. The Balaban J connectivity index is 1.80. The van der Waals surface area contributed by atoms with Crippen LogP contribution in [0.25, 0.3) is 0 Å². The van der Waals surface area contributed by atoms with E-state index in [1.54, 1.807) is 24.3 Å². The van der Waals surface area contributed by atoms with Crippen LogP contribution < -0.4 is 0 Å². The van der Waals surface area contributed by atoms with Gasteiger partial charge in [0.2, 0.25) is 0 Å². The molecule has 3 aromatic carbocycles. The highest BCUT2D eigenvalue weighted by atomic mass is 79.9. The van der Waals surface area contributed by atoms with Crippen LogP contribution in [0.1, 0.15) is 29.2 Å². The van der Waals surface area contributed by atoms with E-state index in [0.29, 0.717) is 6.42 Å². The minimum Gasteiger partial charge on any atom is -0.200 e. The Morgan fingerprint density at radius 2 is 1.62 bits per heavy atom. The Bertz CT molecular complexity index is 1170. The third-order valence-corrected chi connectivity index (χ3v) is 7.57. The number of rotatable bonds is 4. The molecule has 0 N–H and O–H groups in total. The fourth-order valence-corrected chi connectivity index (χ4v) is 5.40. The van der Waals surface area contributed by atoms with Gasteiger partial charge in [0.05, 0.1) is 16.6 Å². The number of aryl methyl sites for hydroxylation is 1. The molecule has 148 valence electrons. The fraction of sp³-hybridized carbons (Fsp3) is 0.136. The van der Waals surface area contributed by atoms with Gasteiger partial charge in [-0.05, 0) is 54.4 Å². The summed E-state index contributed by atoms with van der Waals surface area (Å²) in [4.78, 5) is 0.240. The normalized spacial score (nSPS) is 16.7. The lowest BCUT2D eigenvalue weighted by molar-refractivity contribution is 0.371. The van der Waals surface area contributed by atoms with Crippen LogP contribution in [-0.4, -0.2) is 18.5 Å². The maximum atomic E-state index is 13.4. The molecule has 0 saturated heterocycles. The predicted molar refractivity (Wildman–Crippen MR) is 122 cm³/mol. The van der Waals surface area contributed by atoms with Gasteiger partial charge in [-0.25, -0.2) is 0 Å². The summed E-state index contributed by atoms with van der Waals surface area (Å²) in [6.45, 7) is 1.93. The lowest BCUT2D eigenvalue weighted by Crippen LogP contribution is -2.27. The van der Waals surface area contributed by atoms with Crippen LogP contribution in [0.2, 0.25) is 0 Å². The van der Waals surface area contributed by atoms with Crippen molar-refractivity contribution >= 4 is 47.6 Å². The molecule has 0 radical (unpaired) electrons. The van der Waals surface area contributed by atoms with Gasteiger partial charge in [-0.15, -0.1) is 0 Å². The molecule has 0 saturated carbocycles. The van der Waals surface area contributed by atoms with E-state index >= 15 is 0 Å². The molecule has 1 aliphatic heterocycles. The van der Waals surface area contributed by atoms with Crippen molar-refractivity contribution in [2.24, 2.45) is 5.10 Å². The maximum absolute atomic E-state index is 13.4. The molecule has 1 atom stereocenters. The highest BCUT2D eigenvalue weighted by Crippen LogP contribution is 2.37. The van der Waals surface area contributed by atoms with Crippen molar-refractivity contribution in [3.8, 4) is 0 Å². The standard InChI is InChI=1S/C22H18Br2N2O2S/c1-15-5-11-20(12-6-15)29(27,28)26-22(16-7-9-18(23)10-8-16)14-21(25-26)17-3-2-4-19(24)13-17/h2-13,22H,14H2,1H3/t22-/m0/s1.